The van der Waals surface area contributed by atoms with Gasteiger partial charge in [-0.25, -0.2) is 8.78 Å². The Balaban J connectivity index is 2.30. The van der Waals surface area contributed by atoms with Crippen LogP contribution in [0.2, 0.25) is 0 Å². The summed E-state index contributed by atoms with van der Waals surface area (Å²) >= 11 is 4.79. The van der Waals surface area contributed by atoms with Crippen LogP contribution >= 0.6 is 12.2 Å². The SMILES string of the molecule is NC(=S)c1cc(F)ccc1NC(=O)c1cncc(F)c1. The maximum atomic E-state index is 13.1. The monoisotopic (exact) mass is 293 g/mol. The van der Waals surface area contributed by atoms with Crippen molar-refractivity contribution in [2.45, 2.75) is 0 Å². The number of halogens is 2. The predicted molar refractivity (Wildman–Crippen MR) is 74.4 cm³/mol. The van der Waals surface area contributed by atoms with E-state index in [0.29, 0.717) is 0 Å². The van der Waals surface area contributed by atoms with Crippen molar-refractivity contribution in [1.29, 1.82) is 0 Å². The van der Waals surface area contributed by atoms with E-state index in [4.69, 9.17) is 18.0 Å². The Morgan fingerprint density at radius 2 is 1.95 bits per heavy atom. The molecule has 0 aliphatic heterocycles. The summed E-state index contributed by atoms with van der Waals surface area (Å²) in [7, 11) is 0. The van der Waals surface area contributed by atoms with Gasteiger partial charge in [-0.05, 0) is 24.3 Å². The largest absolute Gasteiger partial charge is 0.389 e. The quantitative estimate of drug-likeness (QED) is 0.852. The number of carbonyl (C=O) groups is 1. The molecule has 102 valence electrons. The molecular formula is C13H9F2N3OS. The van der Waals surface area contributed by atoms with Crippen LogP contribution in [0.15, 0.2) is 36.7 Å². The van der Waals surface area contributed by atoms with Gasteiger partial charge in [0.25, 0.3) is 5.91 Å². The molecule has 0 bridgehead atoms. The van der Waals surface area contributed by atoms with Gasteiger partial charge in [0.1, 0.15) is 16.6 Å². The number of rotatable bonds is 3. The topological polar surface area (TPSA) is 68.0 Å². The number of nitrogens with two attached hydrogens (primary N) is 1. The minimum Gasteiger partial charge on any atom is -0.389 e. The van der Waals surface area contributed by atoms with Gasteiger partial charge in [-0.15, -0.1) is 0 Å². The summed E-state index contributed by atoms with van der Waals surface area (Å²) in [5.41, 5.74) is 5.93. The van der Waals surface area contributed by atoms with Crippen LogP contribution in [-0.2, 0) is 0 Å². The highest BCUT2D eigenvalue weighted by Crippen LogP contribution is 2.18. The third-order valence-corrected chi connectivity index (χ3v) is 2.68. The second-order valence-corrected chi connectivity index (χ2v) is 4.34. The van der Waals surface area contributed by atoms with E-state index in [1.807, 2.05) is 0 Å². The molecule has 0 aliphatic rings. The number of nitrogens with one attached hydrogen (secondary N) is 1. The number of nitrogens with zero attached hydrogens (tertiary/aromatic N) is 1. The molecule has 1 aromatic heterocycles. The number of aromatic nitrogens is 1. The summed E-state index contributed by atoms with van der Waals surface area (Å²) < 4.78 is 26.1. The number of benzene rings is 1. The number of amides is 1. The second-order valence-electron chi connectivity index (χ2n) is 3.90. The van der Waals surface area contributed by atoms with Crippen LogP contribution in [0.25, 0.3) is 0 Å². The summed E-state index contributed by atoms with van der Waals surface area (Å²) in [5, 5.41) is 2.48. The molecule has 1 amide bonds. The zero-order valence-corrected chi connectivity index (χ0v) is 10.9. The molecule has 0 radical (unpaired) electrons. The molecule has 2 rings (SSSR count). The van der Waals surface area contributed by atoms with Crippen LogP contribution in [-0.4, -0.2) is 15.9 Å². The Morgan fingerprint density at radius 3 is 2.60 bits per heavy atom. The smallest absolute Gasteiger partial charge is 0.257 e. The van der Waals surface area contributed by atoms with Crippen molar-refractivity contribution >= 4 is 28.8 Å². The number of anilines is 1. The lowest BCUT2D eigenvalue weighted by atomic mass is 10.1. The molecule has 0 saturated carbocycles. The summed E-state index contributed by atoms with van der Waals surface area (Å²) in [4.78, 5) is 15.4. The molecule has 7 heteroatoms. The van der Waals surface area contributed by atoms with Crippen molar-refractivity contribution in [3.63, 3.8) is 0 Å². The molecule has 0 atom stereocenters. The average Bonchev–Trinajstić information content (AvgIpc) is 2.40. The van der Waals surface area contributed by atoms with Gasteiger partial charge >= 0.3 is 0 Å². The summed E-state index contributed by atoms with van der Waals surface area (Å²) in [6, 6.07) is 4.63. The number of hydrogen-bond acceptors (Lipinski definition) is 3. The van der Waals surface area contributed by atoms with Gasteiger partial charge in [0.15, 0.2) is 0 Å². The van der Waals surface area contributed by atoms with Crippen molar-refractivity contribution in [3.8, 4) is 0 Å². The first-order valence-corrected chi connectivity index (χ1v) is 5.89. The Morgan fingerprint density at radius 1 is 1.20 bits per heavy atom. The molecule has 1 aromatic carbocycles. The standard InChI is InChI=1S/C13H9F2N3OS/c14-8-1-2-11(10(4-8)12(16)20)18-13(19)7-3-9(15)6-17-5-7/h1-6H,(H2,16,20)(H,18,19). The van der Waals surface area contributed by atoms with Gasteiger partial charge < -0.3 is 11.1 Å². The molecule has 0 saturated heterocycles. The van der Waals surface area contributed by atoms with E-state index >= 15 is 0 Å². The fourth-order valence-corrected chi connectivity index (χ4v) is 1.73. The fraction of sp³-hybridized carbons (Fsp3) is 0. The highest BCUT2D eigenvalue weighted by molar-refractivity contribution is 7.80. The predicted octanol–water partition coefficient (Wildman–Crippen LogP) is 2.25. The number of hydrogen-bond donors (Lipinski definition) is 2. The molecule has 4 nitrogen and oxygen atoms in total. The average molecular weight is 293 g/mol. The Bertz CT molecular complexity index is 691. The summed E-state index contributed by atoms with van der Waals surface area (Å²) in [5.74, 6) is -1.76. The van der Waals surface area contributed by atoms with Crippen LogP contribution < -0.4 is 11.1 Å². The number of pyridine rings is 1. The van der Waals surface area contributed by atoms with Gasteiger partial charge in [0, 0.05) is 11.8 Å². The van der Waals surface area contributed by atoms with Crippen molar-refractivity contribution in [3.05, 3.63) is 59.4 Å². The van der Waals surface area contributed by atoms with Crippen molar-refractivity contribution in [2.75, 3.05) is 5.32 Å². The molecule has 2 aromatic rings. The number of carbonyl (C=O) groups excluding carboxylic acids is 1. The van der Waals surface area contributed by atoms with Crippen molar-refractivity contribution in [2.24, 2.45) is 5.73 Å². The molecule has 0 unspecified atom stereocenters. The summed E-state index contributed by atoms with van der Waals surface area (Å²) in [6.45, 7) is 0. The maximum Gasteiger partial charge on any atom is 0.257 e. The number of thiocarbonyl (C=S) groups is 1. The van der Waals surface area contributed by atoms with Crippen LogP contribution in [0.1, 0.15) is 15.9 Å². The van der Waals surface area contributed by atoms with E-state index in [0.717, 1.165) is 24.4 Å². The Labute approximate surface area is 118 Å². The first kappa shape index (κ1) is 14.0. The fourth-order valence-electron chi connectivity index (χ4n) is 1.56. The first-order chi connectivity index (χ1) is 9.47. The van der Waals surface area contributed by atoms with Crippen molar-refractivity contribution < 1.29 is 13.6 Å². The van der Waals surface area contributed by atoms with Crippen LogP contribution in [0.3, 0.4) is 0 Å². The first-order valence-electron chi connectivity index (χ1n) is 5.48. The third kappa shape index (κ3) is 3.12. The molecule has 1 heterocycles. The van der Waals surface area contributed by atoms with Gasteiger partial charge in [-0.3, -0.25) is 9.78 Å². The normalized spacial score (nSPS) is 10.1. The van der Waals surface area contributed by atoms with Gasteiger partial charge in [-0.1, -0.05) is 12.2 Å². The molecule has 3 N–H and O–H groups in total. The van der Waals surface area contributed by atoms with Crippen LogP contribution in [0.5, 0.6) is 0 Å². The van der Waals surface area contributed by atoms with E-state index in [2.05, 4.69) is 10.3 Å². The molecular weight excluding hydrogens is 284 g/mol. The Hall–Kier alpha value is -2.41. The van der Waals surface area contributed by atoms with E-state index in [-0.39, 0.29) is 21.8 Å². The van der Waals surface area contributed by atoms with E-state index < -0.39 is 17.5 Å². The molecule has 0 spiro atoms. The van der Waals surface area contributed by atoms with Crippen LogP contribution in [0.4, 0.5) is 14.5 Å². The zero-order valence-electron chi connectivity index (χ0n) is 10.1. The van der Waals surface area contributed by atoms with Crippen LogP contribution in [0, 0.1) is 11.6 Å². The second kappa shape index (κ2) is 5.70. The lowest BCUT2D eigenvalue weighted by Gasteiger charge is -2.10. The van der Waals surface area contributed by atoms with Gasteiger partial charge in [0.05, 0.1) is 17.4 Å². The molecule has 0 aliphatic carbocycles. The van der Waals surface area contributed by atoms with Gasteiger partial charge in [0.2, 0.25) is 0 Å². The van der Waals surface area contributed by atoms with E-state index in [1.165, 1.54) is 12.3 Å². The maximum absolute atomic E-state index is 13.1. The zero-order chi connectivity index (χ0) is 14.7. The lowest BCUT2D eigenvalue weighted by molar-refractivity contribution is 0.102. The molecule has 0 fully saturated rings. The Kier molecular flexibility index (Phi) is 3.99. The highest BCUT2D eigenvalue weighted by atomic mass is 32.1. The summed E-state index contributed by atoms with van der Waals surface area (Å²) in [6.07, 6.45) is 2.19. The van der Waals surface area contributed by atoms with Gasteiger partial charge in [-0.2, -0.15) is 0 Å². The van der Waals surface area contributed by atoms with E-state index in [9.17, 15) is 13.6 Å². The van der Waals surface area contributed by atoms with E-state index in [1.54, 1.807) is 0 Å². The van der Waals surface area contributed by atoms with Crippen molar-refractivity contribution in [1.82, 2.24) is 4.98 Å². The minimum atomic E-state index is -0.633. The minimum absolute atomic E-state index is 0.0308. The lowest BCUT2D eigenvalue weighted by Crippen LogP contribution is -2.18. The third-order valence-electron chi connectivity index (χ3n) is 2.46. The molecule has 20 heavy (non-hydrogen) atoms. The highest BCUT2D eigenvalue weighted by Gasteiger charge is 2.12.